The molecule has 2 heterocycles. The van der Waals surface area contributed by atoms with Crippen LogP contribution in [0, 0.1) is 0 Å². The molecule has 2 aromatic carbocycles. The molecular formula is C16H9F3N4OS. The highest BCUT2D eigenvalue weighted by molar-refractivity contribution is 7.85. The predicted molar refractivity (Wildman–Crippen MR) is 84.4 cm³/mol. The Labute approximate surface area is 141 Å². The number of fused-ring (bicyclic) bond motifs is 3. The SMILES string of the molecule is O=S(c1ccccc1)c1nc2ccccc2n2c(C(F)(F)F)nnc12. The lowest BCUT2D eigenvalue weighted by molar-refractivity contribution is -0.145. The van der Waals surface area contributed by atoms with Crippen LogP contribution in [0.2, 0.25) is 0 Å². The Kier molecular flexibility index (Phi) is 3.53. The van der Waals surface area contributed by atoms with E-state index < -0.39 is 22.8 Å². The predicted octanol–water partition coefficient (Wildman–Crippen LogP) is 3.46. The summed E-state index contributed by atoms with van der Waals surface area (Å²) in [6.07, 6.45) is -4.70. The number of halogens is 3. The van der Waals surface area contributed by atoms with Crippen molar-refractivity contribution in [3.8, 4) is 0 Å². The smallest absolute Gasteiger partial charge is 0.267 e. The summed E-state index contributed by atoms with van der Waals surface area (Å²) >= 11 is 0. The van der Waals surface area contributed by atoms with Crippen LogP contribution < -0.4 is 0 Å². The molecule has 0 bridgehead atoms. The third kappa shape index (κ3) is 2.56. The number of benzene rings is 2. The molecule has 0 saturated carbocycles. The van der Waals surface area contributed by atoms with E-state index in [1.807, 2.05) is 0 Å². The Bertz CT molecular complexity index is 1110. The first-order valence-electron chi connectivity index (χ1n) is 7.15. The van der Waals surface area contributed by atoms with Crippen LogP contribution in [0.4, 0.5) is 13.2 Å². The summed E-state index contributed by atoms with van der Waals surface area (Å²) in [4.78, 5) is 4.70. The molecule has 9 heteroatoms. The zero-order valence-electron chi connectivity index (χ0n) is 12.4. The van der Waals surface area contributed by atoms with E-state index in [-0.39, 0.29) is 21.7 Å². The minimum atomic E-state index is -4.70. The van der Waals surface area contributed by atoms with Crippen molar-refractivity contribution in [1.82, 2.24) is 19.6 Å². The van der Waals surface area contributed by atoms with E-state index in [2.05, 4.69) is 15.2 Å². The number of aromatic nitrogens is 4. The Balaban J connectivity index is 2.08. The monoisotopic (exact) mass is 362 g/mol. The van der Waals surface area contributed by atoms with Gasteiger partial charge in [0.2, 0.25) is 5.82 Å². The van der Waals surface area contributed by atoms with Crippen molar-refractivity contribution in [2.45, 2.75) is 16.1 Å². The Morgan fingerprint density at radius 3 is 2.32 bits per heavy atom. The molecule has 25 heavy (non-hydrogen) atoms. The van der Waals surface area contributed by atoms with Crippen molar-refractivity contribution in [1.29, 1.82) is 0 Å². The Morgan fingerprint density at radius 1 is 0.920 bits per heavy atom. The quantitative estimate of drug-likeness (QED) is 0.548. The topological polar surface area (TPSA) is 60.2 Å². The number of para-hydroxylation sites is 2. The number of hydrogen-bond donors (Lipinski definition) is 0. The van der Waals surface area contributed by atoms with Gasteiger partial charge in [-0.25, -0.2) is 9.19 Å². The lowest BCUT2D eigenvalue weighted by Crippen LogP contribution is -2.12. The number of alkyl halides is 3. The fourth-order valence-electron chi connectivity index (χ4n) is 2.52. The molecule has 1 atom stereocenters. The van der Waals surface area contributed by atoms with Gasteiger partial charge in [-0.3, -0.25) is 4.40 Å². The van der Waals surface area contributed by atoms with Gasteiger partial charge in [-0.1, -0.05) is 30.3 Å². The van der Waals surface area contributed by atoms with Crippen LogP contribution >= 0.6 is 0 Å². The summed E-state index contributed by atoms with van der Waals surface area (Å²) in [6, 6.07) is 14.7. The van der Waals surface area contributed by atoms with Gasteiger partial charge in [0, 0.05) is 4.90 Å². The second-order valence-corrected chi connectivity index (χ2v) is 6.56. The van der Waals surface area contributed by atoms with Crippen molar-refractivity contribution >= 4 is 27.5 Å². The molecule has 0 aliphatic carbocycles. The highest BCUT2D eigenvalue weighted by Crippen LogP contribution is 2.31. The molecule has 2 aromatic heterocycles. The van der Waals surface area contributed by atoms with Gasteiger partial charge < -0.3 is 0 Å². The van der Waals surface area contributed by atoms with Gasteiger partial charge in [0.15, 0.2) is 10.7 Å². The Morgan fingerprint density at radius 2 is 1.60 bits per heavy atom. The van der Waals surface area contributed by atoms with E-state index in [0.717, 1.165) is 4.40 Å². The van der Waals surface area contributed by atoms with Crippen LogP contribution in [0.5, 0.6) is 0 Å². The molecule has 0 fully saturated rings. The average Bonchev–Trinajstić information content (AvgIpc) is 3.07. The van der Waals surface area contributed by atoms with Gasteiger partial charge in [-0.15, -0.1) is 10.2 Å². The summed E-state index contributed by atoms with van der Waals surface area (Å²) in [5.74, 6) is -1.17. The second kappa shape index (κ2) is 5.62. The normalized spacial score (nSPS) is 13.4. The number of hydrogen-bond acceptors (Lipinski definition) is 4. The molecule has 0 aliphatic heterocycles. The molecule has 4 rings (SSSR count). The van der Waals surface area contributed by atoms with Crippen LogP contribution in [0.3, 0.4) is 0 Å². The zero-order chi connectivity index (χ0) is 17.6. The maximum Gasteiger partial charge on any atom is 0.452 e. The summed E-state index contributed by atoms with van der Waals surface area (Å²) in [7, 11) is -1.79. The summed E-state index contributed by atoms with van der Waals surface area (Å²) < 4.78 is 53.7. The van der Waals surface area contributed by atoms with Crippen molar-refractivity contribution in [3.63, 3.8) is 0 Å². The van der Waals surface area contributed by atoms with E-state index in [9.17, 15) is 17.4 Å². The summed E-state index contributed by atoms with van der Waals surface area (Å²) in [6.45, 7) is 0. The third-order valence-electron chi connectivity index (χ3n) is 3.59. The molecule has 4 aromatic rings. The van der Waals surface area contributed by atoms with Gasteiger partial charge >= 0.3 is 6.18 Å². The van der Waals surface area contributed by atoms with E-state index in [0.29, 0.717) is 4.90 Å². The minimum Gasteiger partial charge on any atom is -0.267 e. The summed E-state index contributed by atoms with van der Waals surface area (Å²) in [5.41, 5.74) is 0.302. The van der Waals surface area contributed by atoms with Gasteiger partial charge in [0.25, 0.3) is 0 Å². The standard InChI is InChI=1S/C16H9F3N4OS/c17-16(18,19)15-22-21-13-14(25(24)10-6-2-1-3-7-10)20-11-8-4-5-9-12(11)23(13)15/h1-9H. The lowest BCUT2D eigenvalue weighted by Gasteiger charge is -2.09. The molecule has 5 nitrogen and oxygen atoms in total. The van der Waals surface area contributed by atoms with Gasteiger partial charge in [-0.2, -0.15) is 13.2 Å². The molecule has 0 aliphatic rings. The van der Waals surface area contributed by atoms with Crippen molar-refractivity contribution in [3.05, 3.63) is 60.4 Å². The Hall–Kier alpha value is -2.81. The molecular weight excluding hydrogens is 353 g/mol. The third-order valence-corrected chi connectivity index (χ3v) is 4.91. The van der Waals surface area contributed by atoms with Crippen LogP contribution in [0.15, 0.2) is 64.5 Å². The maximum absolute atomic E-state index is 13.3. The van der Waals surface area contributed by atoms with Gasteiger partial charge in [0.05, 0.1) is 11.0 Å². The molecule has 0 saturated heterocycles. The van der Waals surface area contributed by atoms with Crippen molar-refractivity contribution in [2.75, 3.05) is 0 Å². The average molecular weight is 362 g/mol. The number of rotatable bonds is 2. The zero-order valence-corrected chi connectivity index (χ0v) is 13.3. The molecule has 126 valence electrons. The van der Waals surface area contributed by atoms with Crippen LogP contribution in [0.25, 0.3) is 16.7 Å². The molecule has 0 amide bonds. The molecule has 1 unspecified atom stereocenters. The van der Waals surface area contributed by atoms with Crippen LogP contribution in [-0.2, 0) is 17.0 Å². The highest BCUT2D eigenvalue weighted by atomic mass is 32.2. The van der Waals surface area contributed by atoms with Gasteiger partial charge in [-0.05, 0) is 24.3 Å². The van der Waals surface area contributed by atoms with E-state index in [1.165, 1.54) is 6.07 Å². The highest BCUT2D eigenvalue weighted by Gasteiger charge is 2.38. The van der Waals surface area contributed by atoms with Gasteiger partial charge in [0.1, 0.15) is 10.8 Å². The number of nitrogens with zero attached hydrogens (tertiary/aromatic N) is 4. The first-order chi connectivity index (χ1) is 12.0. The minimum absolute atomic E-state index is 0.0621. The maximum atomic E-state index is 13.3. The summed E-state index contributed by atoms with van der Waals surface area (Å²) in [5, 5.41) is 6.82. The molecule has 0 spiro atoms. The molecule has 0 radical (unpaired) electrons. The first kappa shape index (κ1) is 15.7. The first-order valence-corrected chi connectivity index (χ1v) is 8.29. The van der Waals surface area contributed by atoms with Crippen molar-refractivity contribution < 1.29 is 17.4 Å². The molecule has 0 N–H and O–H groups in total. The van der Waals surface area contributed by atoms with E-state index in [1.54, 1.807) is 48.5 Å². The van der Waals surface area contributed by atoms with Crippen LogP contribution in [-0.4, -0.2) is 23.8 Å². The fraction of sp³-hybridized carbons (Fsp3) is 0.0625. The second-order valence-electron chi connectivity index (χ2n) is 5.17. The van der Waals surface area contributed by atoms with Crippen molar-refractivity contribution in [2.24, 2.45) is 0 Å². The lowest BCUT2D eigenvalue weighted by atomic mass is 10.3. The fourth-order valence-corrected chi connectivity index (χ4v) is 3.63. The van der Waals surface area contributed by atoms with E-state index >= 15 is 0 Å². The van der Waals surface area contributed by atoms with E-state index in [4.69, 9.17) is 0 Å². The van der Waals surface area contributed by atoms with Crippen LogP contribution in [0.1, 0.15) is 5.82 Å². The largest absolute Gasteiger partial charge is 0.452 e.